The maximum absolute atomic E-state index is 10.5. The summed E-state index contributed by atoms with van der Waals surface area (Å²) >= 11 is 0. The second-order valence-corrected chi connectivity index (χ2v) is 3.39. The third-order valence-corrected chi connectivity index (χ3v) is 1.95. The van der Waals surface area contributed by atoms with Gasteiger partial charge in [-0.1, -0.05) is 33.1 Å². The van der Waals surface area contributed by atoms with Crippen molar-refractivity contribution in [1.82, 2.24) is 0 Å². The van der Waals surface area contributed by atoms with E-state index >= 15 is 0 Å². The molecule has 0 amide bonds. The quantitative estimate of drug-likeness (QED) is 0.184. The molecule has 0 aliphatic rings. The normalized spacial score (nSPS) is 11.5. The van der Waals surface area contributed by atoms with Crippen molar-refractivity contribution in [3.63, 3.8) is 0 Å². The molecule has 0 aromatic rings. The summed E-state index contributed by atoms with van der Waals surface area (Å²) < 4.78 is 10.4. The van der Waals surface area contributed by atoms with Crippen LogP contribution in [0.2, 0.25) is 0 Å². The highest BCUT2D eigenvalue weighted by atomic mass is 16.7. The summed E-state index contributed by atoms with van der Waals surface area (Å²) in [6.07, 6.45) is 7.80. The van der Waals surface area contributed by atoms with Gasteiger partial charge in [0.2, 0.25) is 0 Å². The molecule has 15 heavy (non-hydrogen) atoms. The molecule has 0 rings (SSSR count). The first-order chi connectivity index (χ1) is 7.35. The van der Waals surface area contributed by atoms with Gasteiger partial charge in [-0.25, -0.2) is 0 Å². The maximum atomic E-state index is 10.5. The van der Waals surface area contributed by atoms with Crippen molar-refractivity contribution < 1.29 is 14.3 Å². The van der Waals surface area contributed by atoms with Crippen molar-refractivity contribution in [3.8, 4) is 0 Å². The van der Waals surface area contributed by atoms with Crippen LogP contribution in [0.4, 0.5) is 0 Å². The molecule has 0 spiro atoms. The van der Waals surface area contributed by atoms with Crippen LogP contribution in [-0.2, 0) is 14.3 Å². The predicted molar refractivity (Wildman–Crippen MR) is 60.5 cm³/mol. The number of carbonyl (C=O) groups is 1. The second kappa shape index (κ2) is 11.2. The molecule has 0 atom stereocenters. The van der Waals surface area contributed by atoms with Crippen LogP contribution in [0, 0.1) is 0 Å². The monoisotopic (exact) mass is 214 g/mol. The summed E-state index contributed by atoms with van der Waals surface area (Å²) in [5, 5.41) is 0. The number of rotatable bonds is 10. The summed E-state index contributed by atoms with van der Waals surface area (Å²) in [5.41, 5.74) is 0. The van der Waals surface area contributed by atoms with Gasteiger partial charge in [0.25, 0.3) is 0 Å². The highest BCUT2D eigenvalue weighted by Crippen LogP contribution is 1.99. The van der Waals surface area contributed by atoms with Gasteiger partial charge >= 0.3 is 0 Å². The molecule has 0 saturated carbocycles. The summed E-state index contributed by atoms with van der Waals surface area (Å²) in [4.78, 5) is 10.5. The molecule has 0 aliphatic carbocycles. The summed E-state index contributed by atoms with van der Waals surface area (Å²) in [6.45, 7) is 5.08. The minimum atomic E-state index is 0.179. The van der Waals surface area contributed by atoms with Crippen molar-refractivity contribution >= 4 is 6.29 Å². The van der Waals surface area contributed by atoms with Crippen LogP contribution in [0.25, 0.3) is 0 Å². The molecule has 0 aromatic carbocycles. The van der Waals surface area contributed by atoms with E-state index in [-0.39, 0.29) is 6.79 Å². The van der Waals surface area contributed by atoms with Crippen molar-refractivity contribution in [2.75, 3.05) is 13.4 Å². The molecule has 0 unspecified atom stereocenters. The van der Waals surface area contributed by atoms with Crippen molar-refractivity contribution in [2.24, 2.45) is 0 Å². The Morgan fingerprint density at radius 2 is 2.00 bits per heavy atom. The predicted octanol–water partition coefficient (Wildman–Crippen LogP) is 3.05. The molecular formula is C12H22O3. The van der Waals surface area contributed by atoms with Crippen LogP contribution in [-0.4, -0.2) is 19.7 Å². The molecule has 0 aromatic heterocycles. The zero-order valence-corrected chi connectivity index (χ0v) is 9.83. The molecule has 0 N–H and O–H groups in total. The van der Waals surface area contributed by atoms with Gasteiger partial charge in [0.15, 0.2) is 18.8 Å². The standard InChI is InChI=1S/C12H22O3/c1-3-5-7-9-14-11-15-12(10-13)8-6-4-2/h8,10H,3-7,9,11H2,1-2H3/b12-8+. The van der Waals surface area contributed by atoms with E-state index in [4.69, 9.17) is 9.47 Å². The summed E-state index contributed by atoms with van der Waals surface area (Å²) in [6, 6.07) is 0. The highest BCUT2D eigenvalue weighted by molar-refractivity contribution is 5.69. The van der Waals surface area contributed by atoms with E-state index in [1.807, 2.05) is 0 Å². The molecule has 88 valence electrons. The van der Waals surface area contributed by atoms with E-state index in [9.17, 15) is 4.79 Å². The van der Waals surface area contributed by atoms with Crippen molar-refractivity contribution in [2.45, 2.75) is 46.0 Å². The van der Waals surface area contributed by atoms with Crippen LogP contribution in [0.1, 0.15) is 46.0 Å². The Labute approximate surface area is 92.5 Å². The van der Waals surface area contributed by atoms with Gasteiger partial charge in [0, 0.05) is 0 Å². The number of allylic oxidation sites excluding steroid dienone is 2. The molecule has 0 aliphatic heterocycles. The van der Waals surface area contributed by atoms with E-state index < -0.39 is 0 Å². The van der Waals surface area contributed by atoms with Crippen molar-refractivity contribution in [3.05, 3.63) is 11.8 Å². The minimum absolute atomic E-state index is 0.179. The largest absolute Gasteiger partial charge is 0.464 e. The van der Waals surface area contributed by atoms with Crippen LogP contribution >= 0.6 is 0 Å². The number of ether oxygens (including phenoxy) is 2. The molecule has 0 heterocycles. The van der Waals surface area contributed by atoms with E-state index in [0.29, 0.717) is 12.4 Å². The first kappa shape index (κ1) is 14.2. The van der Waals surface area contributed by atoms with Crippen LogP contribution < -0.4 is 0 Å². The van der Waals surface area contributed by atoms with Crippen LogP contribution in [0.15, 0.2) is 11.8 Å². The first-order valence-electron chi connectivity index (χ1n) is 5.71. The van der Waals surface area contributed by atoms with Crippen LogP contribution in [0.5, 0.6) is 0 Å². The Balaban J connectivity index is 3.42. The maximum Gasteiger partial charge on any atom is 0.189 e. The second-order valence-electron chi connectivity index (χ2n) is 3.39. The van der Waals surface area contributed by atoms with E-state index in [1.54, 1.807) is 6.08 Å². The number of aldehydes is 1. The fraction of sp³-hybridized carbons (Fsp3) is 0.750. The fourth-order valence-corrected chi connectivity index (χ4v) is 1.05. The van der Waals surface area contributed by atoms with Crippen LogP contribution in [0.3, 0.4) is 0 Å². The Morgan fingerprint density at radius 1 is 1.20 bits per heavy atom. The van der Waals surface area contributed by atoms with E-state index in [2.05, 4.69) is 13.8 Å². The van der Waals surface area contributed by atoms with Gasteiger partial charge in [0.1, 0.15) is 0 Å². The van der Waals surface area contributed by atoms with Gasteiger partial charge < -0.3 is 9.47 Å². The molecular weight excluding hydrogens is 192 g/mol. The Kier molecular flexibility index (Phi) is 10.6. The Morgan fingerprint density at radius 3 is 2.60 bits per heavy atom. The zero-order valence-electron chi connectivity index (χ0n) is 9.83. The first-order valence-corrected chi connectivity index (χ1v) is 5.71. The average Bonchev–Trinajstić information content (AvgIpc) is 2.27. The average molecular weight is 214 g/mol. The van der Waals surface area contributed by atoms with Gasteiger partial charge in [-0.15, -0.1) is 0 Å². The van der Waals surface area contributed by atoms with Gasteiger partial charge in [-0.3, -0.25) is 4.79 Å². The van der Waals surface area contributed by atoms with Gasteiger partial charge in [-0.2, -0.15) is 0 Å². The smallest absolute Gasteiger partial charge is 0.189 e. The molecule has 0 fully saturated rings. The molecule has 0 radical (unpaired) electrons. The summed E-state index contributed by atoms with van der Waals surface area (Å²) in [7, 11) is 0. The van der Waals surface area contributed by atoms with Gasteiger partial charge in [-0.05, 0) is 18.9 Å². The lowest BCUT2D eigenvalue weighted by molar-refractivity contribution is -0.111. The van der Waals surface area contributed by atoms with E-state index in [0.717, 1.165) is 25.5 Å². The molecule has 3 heteroatoms. The highest BCUT2D eigenvalue weighted by Gasteiger charge is 1.95. The SMILES string of the molecule is CCC/C=C(\C=O)OCOCCCCC. The third kappa shape index (κ3) is 9.47. The molecule has 3 nitrogen and oxygen atoms in total. The number of carbonyl (C=O) groups excluding carboxylic acids is 1. The lowest BCUT2D eigenvalue weighted by Crippen LogP contribution is -2.02. The lowest BCUT2D eigenvalue weighted by atomic mass is 10.3. The van der Waals surface area contributed by atoms with Gasteiger partial charge in [0.05, 0.1) is 6.61 Å². The Hall–Kier alpha value is -0.830. The number of unbranched alkanes of at least 4 members (excludes halogenated alkanes) is 3. The van der Waals surface area contributed by atoms with Crippen molar-refractivity contribution in [1.29, 1.82) is 0 Å². The zero-order chi connectivity index (χ0) is 11.4. The topological polar surface area (TPSA) is 35.5 Å². The molecule has 0 saturated heterocycles. The van der Waals surface area contributed by atoms with E-state index in [1.165, 1.54) is 12.8 Å². The lowest BCUT2D eigenvalue weighted by Gasteiger charge is -2.06. The molecule has 0 bridgehead atoms. The fourth-order valence-electron chi connectivity index (χ4n) is 1.05. The number of hydrogen-bond acceptors (Lipinski definition) is 3. The Bertz CT molecular complexity index is 176. The summed E-state index contributed by atoms with van der Waals surface area (Å²) in [5.74, 6) is 0.382. The number of hydrogen-bond donors (Lipinski definition) is 0. The minimum Gasteiger partial charge on any atom is -0.464 e. The third-order valence-electron chi connectivity index (χ3n) is 1.95.